The molecule has 3 aromatic carbocycles. The fourth-order valence-electron chi connectivity index (χ4n) is 2.90. The summed E-state index contributed by atoms with van der Waals surface area (Å²) in [6, 6.07) is 17.0. The van der Waals surface area contributed by atoms with Gasteiger partial charge in [0.25, 0.3) is 10.0 Å². The lowest BCUT2D eigenvalue weighted by Crippen LogP contribution is -2.15. The number of nitrogens with zero attached hydrogens (tertiary/aromatic N) is 2. The van der Waals surface area contributed by atoms with Crippen molar-refractivity contribution in [1.82, 2.24) is 8.96 Å². The predicted molar refractivity (Wildman–Crippen MR) is 114 cm³/mol. The molecule has 0 atom stereocenters. The van der Waals surface area contributed by atoms with Gasteiger partial charge in [0.1, 0.15) is 16.5 Å². The van der Waals surface area contributed by atoms with Gasteiger partial charge in [-0.2, -0.15) is 0 Å². The van der Waals surface area contributed by atoms with Gasteiger partial charge in [-0.1, -0.05) is 53.5 Å². The second-order valence-electron chi connectivity index (χ2n) is 6.19. The summed E-state index contributed by atoms with van der Waals surface area (Å²) in [5.74, 6) is -0.167. The molecule has 0 spiro atoms. The molecule has 0 radical (unpaired) electrons. The van der Waals surface area contributed by atoms with E-state index in [-0.39, 0.29) is 26.6 Å². The molecule has 0 saturated carbocycles. The molecule has 146 valence electrons. The summed E-state index contributed by atoms with van der Waals surface area (Å²) in [5, 5.41) is 0.307. The molecule has 0 fully saturated rings. The molecule has 4 aromatic rings. The minimum Gasteiger partial charge on any atom is -0.228 e. The Morgan fingerprint density at radius 2 is 1.66 bits per heavy atom. The van der Waals surface area contributed by atoms with E-state index >= 15 is 0 Å². The van der Waals surface area contributed by atoms with Gasteiger partial charge >= 0.3 is 0 Å². The molecule has 8 heteroatoms. The monoisotopic (exact) mass is 446 g/mol. The summed E-state index contributed by atoms with van der Waals surface area (Å²) in [6.07, 6.45) is 3.22. The number of para-hydroxylation sites is 2. The Morgan fingerprint density at radius 3 is 2.41 bits per heavy atom. The molecule has 0 amide bonds. The van der Waals surface area contributed by atoms with E-state index in [9.17, 15) is 12.8 Å². The molecule has 4 nitrogen and oxygen atoms in total. The first-order chi connectivity index (χ1) is 13.9. The van der Waals surface area contributed by atoms with E-state index in [1.165, 1.54) is 30.3 Å². The Labute approximate surface area is 176 Å². The summed E-state index contributed by atoms with van der Waals surface area (Å²) in [6.45, 7) is 0. The molecule has 1 aromatic heterocycles. The van der Waals surface area contributed by atoms with Crippen LogP contribution in [-0.4, -0.2) is 17.4 Å². The van der Waals surface area contributed by atoms with E-state index in [1.54, 1.807) is 48.6 Å². The Balaban J connectivity index is 1.92. The Kier molecular flexibility index (Phi) is 5.17. The van der Waals surface area contributed by atoms with Crippen LogP contribution in [0.3, 0.4) is 0 Å². The maximum Gasteiger partial charge on any atom is 0.271 e. The highest BCUT2D eigenvalue weighted by Crippen LogP contribution is 2.30. The van der Waals surface area contributed by atoms with Gasteiger partial charge in [-0.25, -0.2) is 21.8 Å². The molecule has 0 bridgehead atoms. The van der Waals surface area contributed by atoms with E-state index < -0.39 is 10.0 Å². The van der Waals surface area contributed by atoms with Gasteiger partial charge < -0.3 is 0 Å². The van der Waals surface area contributed by atoms with Gasteiger partial charge in [0.15, 0.2) is 0 Å². The zero-order valence-corrected chi connectivity index (χ0v) is 17.1. The number of hydrogen-bond donors (Lipinski definition) is 0. The standard InChI is InChI=1S/C21H13Cl2FN2O2S/c22-15-8-11-17(23)20(13-15)29(27,28)26-19-4-2-1-3-18(19)25-21(26)12-7-14-5-9-16(24)10-6-14/h1-13H. The quantitative estimate of drug-likeness (QED) is 0.392. The fraction of sp³-hybridized carbons (Fsp3) is 0. The van der Waals surface area contributed by atoms with Crippen LogP contribution in [0.25, 0.3) is 23.2 Å². The van der Waals surface area contributed by atoms with Crippen molar-refractivity contribution in [3.8, 4) is 0 Å². The molecule has 0 N–H and O–H groups in total. The molecule has 0 aliphatic carbocycles. The number of rotatable bonds is 4. The third-order valence-corrected chi connectivity index (χ3v) is 6.68. The van der Waals surface area contributed by atoms with Crippen LogP contribution < -0.4 is 0 Å². The van der Waals surface area contributed by atoms with Crippen molar-refractivity contribution < 1.29 is 12.8 Å². The average Bonchev–Trinajstić information content (AvgIpc) is 3.08. The van der Waals surface area contributed by atoms with Crippen LogP contribution in [0.15, 0.2) is 71.6 Å². The van der Waals surface area contributed by atoms with Gasteiger partial charge in [-0.3, -0.25) is 0 Å². The second-order valence-corrected chi connectivity index (χ2v) is 8.79. The molecule has 0 saturated heterocycles. The lowest BCUT2D eigenvalue weighted by atomic mass is 10.2. The minimum absolute atomic E-state index is 0.0562. The Morgan fingerprint density at radius 1 is 0.931 bits per heavy atom. The second kappa shape index (κ2) is 7.63. The Bertz CT molecular complexity index is 1350. The third kappa shape index (κ3) is 3.79. The summed E-state index contributed by atoms with van der Waals surface area (Å²) >= 11 is 12.2. The molecule has 29 heavy (non-hydrogen) atoms. The molecular weight excluding hydrogens is 434 g/mol. The van der Waals surface area contributed by atoms with Crippen molar-refractivity contribution >= 4 is 56.4 Å². The third-order valence-electron chi connectivity index (χ3n) is 4.25. The van der Waals surface area contributed by atoms with Gasteiger partial charge in [0.2, 0.25) is 0 Å². The van der Waals surface area contributed by atoms with Gasteiger partial charge in [-0.15, -0.1) is 0 Å². The van der Waals surface area contributed by atoms with E-state index in [2.05, 4.69) is 4.98 Å². The maximum atomic E-state index is 13.5. The van der Waals surface area contributed by atoms with Crippen LogP contribution in [-0.2, 0) is 10.0 Å². The smallest absolute Gasteiger partial charge is 0.228 e. The highest BCUT2D eigenvalue weighted by molar-refractivity contribution is 7.90. The Hall–Kier alpha value is -2.67. The lowest BCUT2D eigenvalue weighted by Gasteiger charge is -2.11. The SMILES string of the molecule is O=S(=O)(c1cc(Cl)ccc1Cl)n1c(C=Cc2ccc(F)cc2)nc2ccccc21. The van der Waals surface area contributed by atoms with Crippen LogP contribution >= 0.6 is 23.2 Å². The van der Waals surface area contributed by atoms with E-state index in [0.29, 0.717) is 16.6 Å². The first-order valence-corrected chi connectivity index (χ1v) is 10.7. The largest absolute Gasteiger partial charge is 0.271 e. The highest BCUT2D eigenvalue weighted by Gasteiger charge is 2.25. The number of imidazole rings is 1. The zero-order chi connectivity index (χ0) is 20.6. The summed E-state index contributed by atoms with van der Waals surface area (Å²) < 4.78 is 41.2. The van der Waals surface area contributed by atoms with Gasteiger partial charge in [0.05, 0.1) is 16.1 Å². The van der Waals surface area contributed by atoms with E-state index in [1.807, 2.05) is 0 Å². The topological polar surface area (TPSA) is 52.0 Å². The zero-order valence-electron chi connectivity index (χ0n) is 14.8. The fourth-order valence-corrected chi connectivity index (χ4v) is 5.09. The molecule has 0 aliphatic heterocycles. The first-order valence-electron chi connectivity index (χ1n) is 8.48. The van der Waals surface area contributed by atoms with Crippen LogP contribution in [0.1, 0.15) is 11.4 Å². The van der Waals surface area contributed by atoms with Crippen molar-refractivity contribution in [1.29, 1.82) is 0 Å². The number of aromatic nitrogens is 2. The number of halogens is 3. The van der Waals surface area contributed by atoms with E-state index in [4.69, 9.17) is 23.2 Å². The molecular formula is C21H13Cl2FN2O2S. The van der Waals surface area contributed by atoms with Gasteiger partial charge in [0, 0.05) is 5.02 Å². The summed E-state index contributed by atoms with van der Waals surface area (Å²) in [5.41, 5.74) is 1.61. The van der Waals surface area contributed by atoms with Crippen molar-refractivity contribution in [2.45, 2.75) is 4.90 Å². The average molecular weight is 447 g/mol. The molecule has 0 aliphatic rings. The predicted octanol–water partition coefficient (Wildman–Crippen LogP) is 5.89. The number of fused-ring (bicyclic) bond motifs is 1. The number of hydrogen-bond acceptors (Lipinski definition) is 3. The molecule has 0 unspecified atom stereocenters. The first kappa shape index (κ1) is 19.6. The summed E-state index contributed by atoms with van der Waals surface area (Å²) in [7, 11) is -4.09. The summed E-state index contributed by atoms with van der Waals surface area (Å²) in [4.78, 5) is 4.32. The van der Waals surface area contributed by atoms with Crippen LogP contribution in [0, 0.1) is 5.82 Å². The van der Waals surface area contributed by atoms with E-state index in [0.717, 1.165) is 3.97 Å². The van der Waals surface area contributed by atoms with Crippen LogP contribution in [0.5, 0.6) is 0 Å². The van der Waals surface area contributed by atoms with Gasteiger partial charge in [-0.05, 0) is 54.1 Å². The minimum atomic E-state index is -4.09. The van der Waals surface area contributed by atoms with Crippen molar-refractivity contribution in [2.75, 3.05) is 0 Å². The van der Waals surface area contributed by atoms with Crippen molar-refractivity contribution in [3.05, 3.63) is 94.0 Å². The highest BCUT2D eigenvalue weighted by atomic mass is 35.5. The maximum absolute atomic E-state index is 13.5. The van der Waals surface area contributed by atoms with Crippen molar-refractivity contribution in [2.24, 2.45) is 0 Å². The van der Waals surface area contributed by atoms with Crippen LogP contribution in [0.2, 0.25) is 10.0 Å². The lowest BCUT2D eigenvalue weighted by molar-refractivity contribution is 0.588. The number of benzene rings is 3. The van der Waals surface area contributed by atoms with Crippen molar-refractivity contribution in [3.63, 3.8) is 0 Å². The molecule has 4 rings (SSSR count). The normalized spacial score (nSPS) is 12.1. The van der Waals surface area contributed by atoms with Crippen LogP contribution in [0.4, 0.5) is 4.39 Å². The molecule has 1 heterocycles.